The molecule has 2 aromatic rings. The Labute approximate surface area is 108 Å². The fourth-order valence-electron chi connectivity index (χ4n) is 1.41. The third-order valence-electron chi connectivity index (χ3n) is 2.16. The van der Waals surface area contributed by atoms with E-state index in [1.54, 1.807) is 6.20 Å². The van der Waals surface area contributed by atoms with E-state index in [1.165, 1.54) is 16.0 Å². The lowest BCUT2D eigenvalue weighted by Crippen LogP contribution is -1.83. The number of hydrogen-bond acceptors (Lipinski definition) is 2. The van der Waals surface area contributed by atoms with E-state index in [4.69, 9.17) is 0 Å². The lowest BCUT2D eigenvalue weighted by Gasteiger charge is -2.03. The standard InChI is InChI=1S/C13H12BrNS/c1-10-3-2-4-13(5-10)16-9-11-6-12(14)8-15-7-11/h2-8H,9H2,1H3. The third-order valence-corrected chi connectivity index (χ3v) is 3.66. The van der Waals surface area contributed by atoms with E-state index in [-0.39, 0.29) is 0 Å². The second-order valence-electron chi connectivity index (χ2n) is 3.62. The van der Waals surface area contributed by atoms with Crippen LogP contribution in [0.3, 0.4) is 0 Å². The van der Waals surface area contributed by atoms with Gasteiger partial charge >= 0.3 is 0 Å². The van der Waals surface area contributed by atoms with Crippen LogP contribution < -0.4 is 0 Å². The van der Waals surface area contributed by atoms with Crippen molar-refractivity contribution < 1.29 is 0 Å². The van der Waals surface area contributed by atoms with E-state index in [1.807, 2.05) is 18.0 Å². The molecule has 3 heteroatoms. The summed E-state index contributed by atoms with van der Waals surface area (Å²) in [5.41, 5.74) is 2.54. The van der Waals surface area contributed by atoms with E-state index in [0.29, 0.717) is 0 Å². The largest absolute Gasteiger partial charge is 0.263 e. The molecule has 0 atom stereocenters. The van der Waals surface area contributed by atoms with Crippen molar-refractivity contribution in [1.29, 1.82) is 0 Å². The average Bonchev–Trinajstić information content (AvgIpc) is 2.27. The minimum absolute atomic E-state index is 0.954. The van der Waals surface area contributed by atoms with E-state index >= 15 is 0 Å². The first-order chi connectivity index (χ1) is 7.74. The average molecular weight is 294 g/mol. The van der Waals surface area contributed by atoms with Gasteiger partial charge in [0.2, 0.25) is 0 Å². The summed E-state index contributed by atoms with van der Waals surface area (Å²) >= 11 is 5.26. The highest BCUT2D eigenvalue weighted by Crippen LogP contribution is 2.24. The second-order valence-corrected chi connectivity index (χ2v) is 5.58. The fourth-order valence-corrected chi connectivity index (χ4v) is 2.75. The minimum Gasteiger partial charge on any atom is -0.263 e. The van der Waals surface area contributed by atoms with Crippen molar-refractivity contribution in [3.8, 4) is 0 Å². The maximum Gasteiger partial charge on any atom is 0.0410 e. The zero-order valence-electron chi connectivity index (χ0n) is 8.98. The fraction of sp³-hybridized carbons (Fsp3) is 0.154. The van der Waals surface area contributed by atoms with Crippen LogP contribution in [0.4, 0.5) is 0 Å². The van der Waals surface area contributed by atoms with Crippen LogP contribution in [0.1, 0.15) is 11.1 Å². The van der Waals surface area contributed by atoms with Crippen molar-refractivity contribution in [3.63, 3.8) is 0 Å². The molecule has 0 spiro atoms. The summed E-state index contributed by atoms with van der Waals surface area (Å²) in [6.07, 6.45) is 3.72. The molecule has 0 saturated heterocycles. The number of aromatic nitrogens is 1. The molecular formula is C13H12BrNS. The molecule has 0 aliphatic rings. The first-order valence-corrected chi connectivity index (χ1v) is 6.81. The molecule has 1 aromatic heterocycles. The molecule has 0 saturated carbocycles. The van der Waals surface area contributed by atoms with Gasteiger partial charge in [0.1, 0.15) is 0 Å². The first-order valence-electron chi connectivity index (χ1n) is 5.03. The molecule has 0 amide bonds. The van der Waals surface area contributed by atoms with Crippen LogP contribution in [-0.2, 0) is 5.75 Å². The molecule has 82 valence electrons. The van der Waals surface area contributed by atoms with Crippen LogP contribution in [0.25, 0.3) is 0 Å². The Hall–Kier alpha value is -0.800. The predicted octanol–water partition coefficient (Wildman–Crippen LogP) is 4.44. The molecule has 0 bridgehead atoms. The van der Waals surface area contributed by atoms with Gasteiger partial charge in [-0.15, -0.1) is 11.8 Å². The summed E-state index contributed by atoms with van der Waals surface area (Å²) in [5.74, 6) is 0.954. The van der Waals surface area contributed by atoms with Crippen molar-refractivity contribution in [2.75, 3.05) is 0 Å². The van der Waals surface area contributed by atoms with E-state index in [0.717, 1.165) is 10.2 Å². The Balaban J connectivity index is 2.02. The number of halogens is 1. The normalized spacial score (nSPS) is 10.4. The predicted molar refractivity (Wildman–Crippen MR) is 72.7 cm³/mol. The van der Waals surface area contributed by atoms with Gasteiger partial charge in [-0.3, -0.25) is 4.98 Å². The summed E-state index contributed by atoms with van der Waals surface area (Å²) in [6, 6.07) is 10.7. The molecule has 0 aliphatic heterocycles. The number of hydrogen-bond donors (Lipinski definition) is 0. The van der Waals surface area contributed by atoms with Gasteiger partial charge in [0.25, 0.3) is 0 Å². The van der Waals surface area contributed by atoms with Crippen LogP contribution in [0.5, 0.6) is 0 Å². The highest BCUT2D eigenvalue weighted by atomic mass is 79.9. The van der Waals surface area contributed by atoms with Gasteiger partial charge in [-0.05, 0) is 46.6 Å². The molecule has 0 aliphatic carbocycles. The number of aryl methyl sites for hydroxylation is 1. The minimum atomic E-state index is 0.954. The molecule has 0 unspecified atom stereocenters. The molecule has 1 heterocycles. The molecule has 0 radical (unpaired) electrons. The van der Waals surface area contributed by atoms with Crippen LogP contribution in [-0.4, -0.2) is 4.98 Å². The van der Waals surface area contributed by atoms with Crippen LogP contribution in [0, 0.1) is 6.92 Å². The van der Waals surface area contributed by atoms with Crippen molar-refractivity contribution in [2.24, 2.45) is 0 Å². The Morgan fingerprint density at radius 2 is 2.12 bits per heavy atom. The number of rotatable bonds is 3. The van der Waals surface area contributed by atoms with Crippen LogP contribution >= 0.6 is 27.7 Å². The number of benzene rings is 1. The second kappa shape index (κ2) is 5.51. The Morgan fingerprint density at radius 1 is 1.25 bits per heavy atom. The van der Waals surface area contributed by atoms with Crippen LogP contribution in [0.15, 0.2) is 52.1 Å². The van der Waals surface area contributed by atoms with E-state index < -0.39 is 0 Å². The van der Waals surface area contributed by atoms with E-state index in [2.05, 4.69) is 58.2 Å². The Kier molecular flexibility index (Phi) is 4.02. The monoisotopic (exact) mass is 293 g/mol. The van der Waals surface area contributed by atoms with Gasteiger partial charge in [-0.25, -0.2) is 0 Å². The quantitative estimate of drug-likeness (QED) is 0.776. The van der Waals surface area contributed by atoms with Gasteiger partial charge in [0.15, 0.2) is 0 Å². The molecule has 0 N–H and O–H groups in total. The molecule has 2 rings (SSSR count). The van der Waals surface area contributed by atoms with Crippen molar-refractivity contribution in [2.45, 2.75) is 17.6 Å². The van der Waals surface area contributed by atoms with Gasteiger partial charge in [0.05, 0.1) is 0 Å². The van der Waals surface area contributed by atoms with Crippen molar-refractivity contribution in [3.05, 3.63) is 58.3 Å². The van der Waals surface area contributed by atoms with Gasteiger partial charge < -0.3 is 0 Å². The molecule has 1 aromatic carbocycles. The van der Waals surface area contributed by atoms with Crippen molar-refractivity contribution in [1.82, 2.24) is 4.98 Å². The summed E-state index contributed by atoms with van der Waals surface area (Å²) in [5, 5.41) is 0. The SMILES string of the molecule is Cc1cccc(SCc2cncc(Br)c2)c1. The lowest BCUT2D eigenvalue weighted by atomic mass is 10.2. The van der Waals surface area contributed by atoms with Gasteiger partial charge in [-0.1, -0.05) is 17.7 Å². The summed E-state index contributed by atoms with van der Waals surface area (Å²) < 4.78 is 1.04. The lowest BCUT2D eigenvalue weighted by molar-refractivity contribution is 1.23. The zero-order chi connectivity index (χ0) is 11.4. The molecule has 16 heavy (non-hydrogen) atoms. The van der Waals surface area contributed by atoms with Gasteiger partial charge in [-0.2, -0.15) is 0 Å². The Bertz CT molecular complexity index is 439. The van der Waals surface area contributed by atoms with Crippen LogP contribution in [0.2, 0.25) is 0 Å². The van der Waals surface area contributed by atoms with Gasteiger partial charge in [0, 0.05) is 27.5 Å². The first kappa shape index (κ1) is 11.7. The molecule has 0 fully saturated rings. The highest BCUT2D eigenvalue weighted by Gasteiger charge is 1.98. The van der Waals surface area contributed by atoms with E-state index in [9.17, 15) is 0 Å². The maximum atomic E-state index is 4.15. The third kappa shape index (κ3) is 3.35. The number of nitrogens with zero attached hydrogens (tertiary/aromatic N) is 1. The molecular weight excluding hydrogens is 282 g/mol. The number of thioether (sulfide) groups is 1. The van der Waals surface area contributed by atoms with Crippen molar-refractivity contribution >= 4 is 27.7 Å². The zero-order valence-corrected chi connectivity index (χ0v) is 11.4. The Morgan fingerprint density at radius 3 is 2.88 bits per heavy atom. The summed E-state index contributed by atoms with van der Waals surface area (Å²) in [4.78, 5) is 5.46. The smallest absolute Gasteiger partial charge is 0.0410 e. The summed E-state index contributed by atoms with van der Waals surface area (Å²) in [7, 11) is 0. The topological polar surface area (TPSA) is 12.9 Å². The maximum absolute atomic E-state index is 4.15. The summed E-state index contributed by atoms with van der Waals surface area (Å²) in [6.45, 7) is 2.12. The number of pyridine rings is 1. The highest BCUT2D eigenvalue weighted by molar-refractivity contribution is 9.10. The molecule has 1 nitrogen and oxygen atoms in total.